The highest BCUT2D eigenvalue weighted by Crippen LogP contribution is 2.33. The summed E-state index contributed by atoms with van der Waals surface area (Å²) in [6.45, 7) is 3.83. The smallest absolute Gasteiger partial charge is 0.248 e. The van der Waals surface area contributed by atoms with E-state index in [4.69, 9.17) is 14.2 Å². The van der Waals surface area contributed by atoms with Gasteiger partial charge in [-0.2, -0.15) is 0 Å². The minimum Gasteiger partial charge on any atom is -0.454 e. The van der Waals surface area contributed by atoms with Gasteiger partial charge in [-0.05, 0) is 42.0 Å². The molecule has 2 heterocycles. The predicted molar refractivity (Wildman–Crippen MR) is 134 cm³/mol. The number of nitrogens with zero attached hydrogens (tertiary/aromatic N) is 2. The quantitative estimate of drug-likeness (QED) is 0.579. The average molecular weight is 494 g/mol. The van der Waals surface area contributed by atoms with E-state index in [1.165, 1.54) is 12.8 Å². The Kier molecular flexibility index (Phi) is 8.03. The van der Waals surface area contributed by atoms with E-state index in [2.05, 4.69) is 10.2 Å². The van der Waals surface area contributed by atoms with Crippen molar-refractivity contribution >= 4 is 11.8 Å². The van der Waals surface area contributed by atoms with Crippen LogP contribution in [0, 0.1) is 5.92 Å². The van der Waals surface area contributed by atoms with Crippen LogP contribution in [0.1, 0.15) is 36.8 Å². The normalized spacial score (nSPS) is 18.8. The maximum Gasteiger partial charge on any atom is 0.248 e. The Balaban J connectivity index is 1.13. The number of hydrogen-bond acceptors (Lipinski definition) is 6. The summed E-state index contributed by atoms with van der Waals surface area (Å²) in [5.74, 6) is 1.91. The number of carbonyl (C=O) groups excluding carboxylic acids is 2. The second-order valence-electron chi connectivity index (χ2n) is 9.79. The van der Waals surface area contributed by atoms with Gasteiger partial charge in [0.1, 0.15) is 6.61 Å². The molecule has 2 aliphatic heterocycles. The zero-order valence-corrected chi connectivity index (χ0v) is 20.7. The topological polar surface area (TPSA) is 80.3 Å². The van der Waals surface area contributed by atoms with Crippen LogP contribution < -0.4 is 14.8 Å². The molecule has 0 bridgehead atoms. The van der Waals surface area contributed by atoms with Crippen molar-refractivity contribution in [3.8, 4) is 11.5 Å². The van der Waals surface area contributed by atoms with Crippen LogP contribution in [0.25, 0.3) is 0 Å². The second kappa shape index (κ2) is 11.8. The molecule has 8 nitrogen and oxygen atoms in total. The van der Waals surface area contributed by atoms with Gasteiger partial charge in [-0.3, -0.25) is 14.5 Å². The molecule has 0 radical (unpaired) electrons. The van der Waals surface area contributed by atoms with E-state index in [1.807, 2.05) is 53.4 Å². The molecule has 36 heavy (non-hydrogen) atoms. The number of fused-ring (bicyclic) bond motifs is 1. The fraction of sp³-hybridized carbons (Fsp3) is 0.500. The van der Waals surface area contributed by atoms with Gasteiger partial charge in [0.2, 0.25) is 18.6 Å². The van der Waals surface area contributed by atoms with Crippen LogP contribution in [0.4, 0.5) is 0 Å². The van der Waals surface area contributed by atoms with Crippen molar-refractivity contribution in [2.24, 2.45) is 5.92 Å². The molecule has 2 aromatic carbocycles. The monoisotopic (exact) mass is 493 g/mol. The molecule has 0 aromatic heterocycles. The lowest BCUT2D eigenvalue weighted by Crippen LogP contribution is -2.58. The lowest BCUT2D eigenvalue weighted by molar-refractivity contribution is -0.139. The molecule has 2 aromatic rings. The molecular formula is C28H35N3O5. The first kappa shape index (κ1) is 24.6. The van der Waals surface area contributed by atoms with Crippen LogP contribution in [-0.4, -0.2) is 67.2 Å². The Labute approximate surface area is 212 Å². The summed E-state index contributed by atoms with van der Waals surface area (Å²) >= 11 is 0. The Hall–Kier alpha value is -3.10. The summed E-state index contributed by atoms with van der Waals surface area (Å²) in [7, 11) is 0. The van der Waals surface area contributed by atoms with Crippen molar-refractivity contribution in [1.29, 1.82) is 0 Å². The average Bonchev–Trinajstić information content (AvgIpc) is 3.61. The molecule has 2 amide bonds. The van der Waals surface area contributed by atoms with Crippen molar-refractivity contribution < 1.29 is 23.8 Å². The molecule has 8 heteroatoms. The van der Waals surface area contributed by atoms with Gasteiger partial charge in [-0.25, -0.2) is 0 Å². The van der Waals surface area contributed by atoms with Gasteiger partial charge in [-0.1, -0.05) is 49.2 Å². The lowest BCUT2D eigenvalue weighted by Gasteiger charge is -2.40. The number of piperazine rings is 1. The zero-order valence-electron chi connectivity index (χ0n) is 20.7. The summed E-state index contributed by atoms with van der Waals surface area (Å²) in [6, 6.07) is 15.5. The molecule has 1 atom stereocenters. The van der Waals surface area contributed by atoms with E-state index in [0.717, 1.165) is 35.5 Å². The van der Waals surface area contributed by atoms with Crippen molar-refractivity contribution in [3.63, 3.8) is 0 Å². The Bertz CT molecular complexity index is 1030. The number of nitrogens with one attached hydrogen (secondary N) is 1. The van der Waals surface area contributed by atoms with Crippen LogP contribution in [0.3, 0.4) is 0 Å². The molecule has 1 aliphatic carbocycles. The molecule has 0 spiro atoms. The summed E-state index contributed by atoms with van der Waals surface area (Å²) in [5, 5.41) is 3.16. The number of amides is 2. The molecule has 192 valence electrons. The number of benzene rings is 2. The predicted octanol–water partition coefficient (Wildman–Crippen LogP) is 2.95. The third-order valence-electron chi connectivity index (χ3n) is 7.42. The number of rotatable bonds is 9. The summed E-state index contributed by atoms with van der Waals surface area (Å²) in [4.78, 5) is 30.2. The largest absolute Gasteiger partial charge is 0.454 e. The van der Waals surface area contributed by atoms with Crippen molar-refractivity contribution in [1.82, 2.24) is 15.1 Å². The summed E-state index contributed by atoms with van der Waals surface area (Å²) in [5.41, 5.74) is 2.05. The van der Waals surface area contributed by atoms with E-state index < -0.39 is 0 Å². The Morgan fingerprint density at radius 2 is 1.69 bits per heavy atom. The number of carbonyl (C=O) groups is 2. The fourth-order valence-corrected chi connectivity index (χ4v) is 5.47. The maximum atomic E-state index is 13.4. The molecule has 1 saturated carbocycles. The van der Waals surface area contributed by atoms with Gasteiger partial charge in [0.15, 0.2) is 11.5 Å². The SMILES string of the molecule is O=C(NCc1ccc2c(c1)OCO2)[C@@H](C1CCCC1)N1CCN(C(=O)COCc2ccccc2)CC1. The fourth-order valence-electron chi connectivity index (χ4n) is 5.47. The first-order chi connectivity index (χ1) is 17.7. The molecule has 2 fully saturated rings. The molecule has 1 saturated heterocycles. The summed E-state index contributed by atoms with van der Waals surface area (Å²) < 4.78 is 16.5. The third kappa shape index (κ3) is 5.99. The third-order valence-corrected chi connectivity index (χ3v) is 7.42. The van der Waals surface area contributed by atoms with Crippen molar-refractivity contribution in [3.05, 3.63) is 59.7 Å². The number of hydrogen-bond donors (Lipinski definition) is 1. The highest BCUT2D eigenvalue weighted by atomic mass is 16.7. The summed E-state index contributed by atoms with van der Waals surface area (Å²) in [6.07, 6.45) is 4.50. The van der Waals surface area contributed by atoms with Crippen LogP contribution in [0.15, 0.2) is 48.5 Å². The van der Waals surface area contributed by atoms with Crippen LogP contribution in [0.5, 0.6) is 11.5 Å². The number of ether oxygens (including phenoxy) is 3. The van der Waals surface area contributed by atoms with Gasteiger partial charge in [0, 0.05) is 32.7 Å². The van der Waals surface area contributed by atoms with Crippen LogP contribution in [0.2, 0.25) is 0 Å². The van der Waals surface area contributed by atoms with E-state index in [-0.39, 0.29) is 31.3 Å². The van der Waals surface area contributed by atoms with Gasteiger partial charge in [0.25, 0.3) is 0 Å². The van der Waals surface area contributed by atoms with Crippen LogP contribution in [-0.2, 0) is 27.5 Å². The first-order valence-corrected chi connectivity index (χ1v) is 13.0. The van der Waals surface area contributed by atoms with Gasteiger partial charge in [0.05, 0.1) is 12.6 Å². The Morgan fingerprint density at radius 1 is 0.944 bits per heavy atom. The van der Waals surface area contributed by atoms with Crippen LogP contribution >= 0.6 is 0 Å². The molecule has 3 aliphatic rings. The molecule has 0 unspecified atom stereocenters. The molecular weight excluding hydrogens is 458 g/mol. The van der Waals surface area contributed by atoms with Gasteiger partial charge >= 0.3 is 0 Å². The van der Waals surface area contributed by atoms with Crippen molar-refractivity contribution in [2.75, 3.05) is 39.6 Å². The second-order valence-corrected chi connectivity index (χ2v) is 9.79. The Morgan fingerprint density at radius 3 is 2.47 bits per heavy atom. The molecule has 1 N–H and O–H groups in total. The van der Waals surface area contributed by atoms with E-state index >= 15 is 0 Å². The minimum absolute atomic E-state index is 0.00950. The first-order valence-electron chi connectivity index (χ1n) is 13.0. The van der Waals surface area contributed by atoms with E-state index in [0.29, 0.717) is 45.2 Å². The van der Waals surface area contributed by atoms with Crippen molar-refractivity contribution in [2.45, 2.75) is 44.9 Å². The van der Waals surface area contributed by atoms with Gasteiger partial charge < -0.3 is 24.4 Å². The highest BCUT2D eigenvalue weighted by molar-refractivity contribution is 5.82. The molecule has 5 rings (SSSR count). The zero-order chi connectivity index (χ0) is 24.7. The van der Waals surface area contributed by atoms with E-state index in [1.54, 1.807) is 0 Å². The minimum atomic E-state index is -0.159. The van der Waals surface area contributed by atoms with E-state index in [9.17, 15) is 9.59 Å². The highest BCUT2D eigenvalue weighted by Gasteiger charge is 2.37. The lowest BCUT2D eigenvalue weighted by atomic mass is 9.95. The van der Waals surface area contributed by atoms with Gasteiger partial charge in [-0.15, -0.1) is 0 Å². The standard InChI is InChI=1S/C28H35N3O5/c32-26(19-34-18-21-6-2-1-3-7-21)30-12-14-31(15-13-30)27(23-8-4-5-9-23)28(33)29-17-22-10-11-24-25(16-22)36-20-35-24/h1-3,6-7,10-11,16,23,27H,4-5,8-9,12-15,17-20H2,(H,29,33)/t27-/m1/s1. The maximum absolute atomic E-state index is 13.4.